The molecule has 100 valence electrons. The number of imide groups is 1. The number of amides is 3. The van der Waals surface area contributed by atoms with Gasteiger partial charge in [-0.2, -0.15) is 0 Å². The number of nitrogens with one attached hydrogen (secondary N) is 2. The SMILES string of the molecule is Cc1nc(C=CC(=O)NC2CCC(=O)NC2=O)cs1. The van der Waals surface area contributed by atoms with Gasteiger partial charge in [-0.1, -0.05) is 0 Å². The summed E-state index contributed by atoms with van der Waals surface area (Å²) in [5, 5.41) is 7.50. The van der Waals surface area contributed by atoms with E-state index >= 15 is 0 Å². The molecule has 19 heavy (non-hydrogen) atoms. The first kappa shape index (κ1) is 13.4. The average molecular weight is 279 g/mol. The molecule has 0 aromatic carbocycles. The van der Waals surface area contributed by atoms with Gasteiger partial charge in [0.25, 0.3) is 0 Å². The lowest BCUT2D eigenvalue weighted by Crippen LogP contribution is -2.51. The highest BCUT2D eigenvalue weighted by molar-refractivity contribution is 7.09. The molecular weight excluding hydrogens is 266 g/mol. The van der Waals surface area contributed by atoms with Crippen LogP contribution in [0.3, 0.4) is 0 Å². The summed E-state index contributed by atoms with van der Waals surface area (Å²) in [6.07, 6.45) is 3.49. The highest BCUT2D eigenvalue weighted by atomic mass is 32.1. The number of rotatable bonds is 3. The molecule has 2 rings (SSSR count). The quantitative estimate of drug-likeness (QED) is 0.618. The highest BCUT2D eigenvalue weighted by Crippen LogP contribution is 2.09. The van der Waals surface area contributed by atoms with E-state index in [0.29, 0.717) is 12.1 Å². The lowest BCUT2D eigenvalue weighted by atomic mass is 10.1. The normalized spacial score (nSPS) is 19.5. The predicted molar refractivity (Wildman–Crippen MR) is 70.2 cm³/mol. The summed E-state index contributed by atoms with van der Waals surface area (Å²) >= 11 is 1.50. The third-order valence-corrected chi connectivity index (χ3v) is 3.39. The van der Waals surface area contributed by atoms with Gasteiger partial charge in [0.1, 0.15) is 6.04 Å². The van der Waals surface area contributed by atoms with E-state index in [1.165, 1.54) is 17.4 Å². The van der Waals surface area contributed by atoms with Gasteiger partial charge in [-0.3, -0.25) is 19.7 Å². The molecule has 2 heterocycles. The number of thiazole rings is 1. The van der Waals surface area contributed by atoms with Crippen molar-refractivity contribution in [3.63, 3.8) is 0 Å². The van der Waals surface area contributed by atoms with E-state index < -0.39 is 11.9 Å². The Morgan fingerprint density at radius 3 is 3.00 bits per heavy atom. The van der Waals surface area contributed by atoms with Crippen LogP contribution in [0.5, 0.6) is 0 Å². The maximum absolute atomic E-state index is 11.6. The second-order valence-electron chi connectivity index (χ2n) is 4.14. The fourth-order valence-electron chi connectivity index (χ4n) is 1.67. The summed E-state index contributed by atoms with van der Waals surface area (Å²) in [7, 11) is 0. The molecule has 0 aliphatic carbocycles. The summed E-state index contributed by atoms with van der Waals surface area (Å²) in [4.78, 5) is 38.2. The number of hydrogen-bond acceptors (Lipinski definition) is 5. The van der Waals surface area contributed by atoms with Gasteiger partial charge in [0.05, 0.1) is 10.7 Å². The largest absolute Gasteiger partial charge is 0.341 e. The number of piperidine rings is 1. The molecule has 0 spiro atoms. The third kappa shape index (κ3) is 3.72. The molecule has 1 aliphatic heterocycles. The molecule has 1 unspecified atom stereocenters. The number of aryl methyl sites for hydroxylation is 1. The van der Waals surface area contributed by atoms with Crippen molar-refractivity contribution in [3.8, 4) is 0 Å². The Hall–Kier alpha value is -2.02. The summed E-state index contributed by atoms with van der Waals surface area (Å²) < 4.78 is 0. The lowest BCUT2D eigenvalue weighted by Gasteiger charge is -2.20. The van der Waals surface area contributed by atoms with Crippen LogP contribution in [-0.2, 0) is 14.4 Å². The Balaban J connectivity index is 1.89. The van der Waals surface area contributed by atoms with Gasteiger partial charge >= 0.3 is 0 Å². The fraction of sp³-hybridized carbons (Fsp3) is 0.333. The van der Waals surface area contributed by atoms with E-state index in [2.05, 4.69) is 15.6 Å². The second kappa shape index (κ2) is 5.75. The molecule has 1 aliphatic rings. The average Bonchev–Trinajstić information content (AvgIpc) is 2.76. The summed E-state index contributed by atoms with van der Waals surface area (Å²) in [6.45, 7) is 1.88. The molecule has 1 aromatic heterocycles. The molecule has 3 amide bonds. The minimum atomic E-state index is -0.646. The highest BCUT2D eigenvalue weighted by Gasteiger charge is 2.27. The molecule has 1 atom stereocenters. The van der Waals surface area contributed by atoms with E-state index in [-0.39, 0.29) is 18.2 Å². The van der Waals surface area contributed by atoms with Crippen LogP contribution in [0.15, 0.2) is 11.5 Å². The Bertz CT molecular complexity index is 550. The topological polar surface area (TPSA) is 88.2 Å². The maximum atomic E-state index is 11.6. The zero-order valence-electron chi connectivity index (χ0n) is 10.3. The van der Waals surface area contributed by atoms with Crippen molar-refractivity contribution in [2.75, 3.05) is 0 Å². The van der Waals surface area contributed by atoms with E-state index in [0.717, 1.165) is 5.01 Å². The van der Waals surface area contributed by atoms with Crippen LogP contribution in [0.4, 0.5) is 0 Å². The van der Waals surface area contributed by atoms with Crippen LogP contribution in [0, 0.1) is 6.92 Å². The van der Waals surface area contributed by atoms with Crippen LogP contribution >= 0.6 is 11.3 Å². The lowest BCUT2D eigenvalue weighted by molar-refractivity contribution is -0.136. The van der Waals surface area contributed by atoms with E-state index in [1.807, 2.05) is 12.3 Å². The molecule has 6 nitrogen and oxygen atoms in total. The molecule has 7 heteroatoms. The van der Waals surface area contributed by atoms with Crippen molar-refractivity contribution in [3.05, 3.63) is 22.2 Å². The van der Waals surface area contributed by atoms with Crippen molar-refractivity contribution < 1.29 is 14.4 Å². The predicted octanol–water partition coefficient (Wildman–Crippen LogP) is 0.386. The smallest absolute Gasteiger partial charge is 0.249 e. The minimum absolute atomic E-state index is 0.242. The monoisotopic (exact) mass is 279 g/mol. The van der Waals surface area contributed by atoms with Crippen molar-refractivity contribution >= 4 is 35.1 Å². The zero-order valence-corrected chi connectivity index (χ0v) is 11.1. The Kier molecular flexibility index (Phi) is 4.06. The van der Waals surface area contributed by atoms with Crippen molar-refractivity contribution in [2.24, 2.45) is 0 Å². The fourth-order valence-corrected chi connectivity index (χ4v) is 2.25. The van der Waals surface area contributed by atoms with E-state index in [1.54, 1.807) is 6.08 Å². The number of hydrogen-bond donors (Lipinski definition) is 2. The minimum Gasteiger partial charge on any atom is -0.341 e. The van der Waals surface area contributed by atoms with E-state index in [9.17, 15) is 14.4 Å². The van der Waals surface area contributed by atoms with Crippen molar-refractivity contribution in [1.82, 2.24) is 15.6 Å². The molecule has 0 radical (unpaired) electrons. The summed E-state index contributed by atoms with van der Waals surface area (Å²) in [5.74, 6) is -1.13. The molecule has 1 saturated heterocycles. The van der Waals surface area contributed by atoms with Gasteiger partial charge in [-0.05, 0) is 19.4 Å². The standard InChI is InChI=1S/C12H13N3O3S/c1-7-13-8(6-19-7)2-4-10(16)14-9-3-5-11(17)15-12(9)18/h2,4,6,9H,3,5H2,1H3,(H,14,16)(H,15,17,18). The molecule has 1 fully saturated rings. The van der Waals surface area contributed by atoms with Crippen molar-refractivity contribution in [1.29, 1.82) is 0 Å². The van der Waals surface area contributed by atoms with Crippen LogP contribution in [0.2, 0.25) is 0 Å². The maximum Gasteiger partial charge on any atom is 0.249 e. The molecule has 0 saturated carbocycles. The van der Waals surface area contributed by atoms with Gasteiger partial charge < -0.3 is 5.32 Å². The number of carbonyl (C=O) groups excluding carboxylic acids is 3. The Morgan fingerprint density at radius 2 is 2.37 bits per heavy atom. The van der Waals surface area contributed by atoms with Crippen LogP contribution in [0.1, 0.15) is 23.5 Å². The first-order valence-electron chi connectivity index (χ1n) is 5.79. The second-order valence-corrected chi connectivity index (χ2v) is 5.20. The molecule has 1 aromatic rings. The number of nitrogens with zero attached hydrogens (tertiary/aromatic N) is 1. The first-order chi connectivity index (χ1) is 9.04. The first-order valence-corrected chi connectivity index (χ1v) is 6.67. The van der Waals surface area contributed by atoms with E-state index in [4.69, 9.17) is 0 Å². The zero-order chi connectivity index (χ0) is 13.8. The third-order valence-electron chi connectivity index (χ3n) is 2.60. The van der Waals surface area contributed by atoms with Crippen LogP contribution < -0.4 is 10.6 Å². The molecular formula is C12H13N3O3S. The molecule has 2 N–H and O–H groups in total. The summed E-state index contributed by atoms with van der Waals surface area (Å²) in [5.41, 5.74) is 0.709. The van der Waals surface area contributed by atoms with Crippen LogP contribution in [-0.4, -0.2) is 28.7 Å². The Labute approximate surface area is 113 Å². The number of carbonyl (C=O) groups is 3. The Morgan fingerprint density at radius 1 is 1.58 bits per heavy atom. The van der Waals surface area contributed by atoms with Gasteiger partial charge in [0.15, 0.2) is 0 Å². The van der Waals surface area contributed by atoms with Gasteiger partial charge in [0, 0.05) is 17.9 Å². The van der Waals surface area contributed by atoms with Crippen LogP contribution in [0.25, 0.3) is 6.08 Å². The summed E-state index contributed by atoms with van der Waals surface area (Å²) in [6, 6.07) is -0.646. The van der Waals surface area contributed by atoms with Gasteiger partial charge in [-0.25, -0.2) is 4.98 Å². The molecule has 0 bridgehead atoms. The van der Waals surface area contributed by atoms with Gasteiger partial charge in [0.2, 0.25) is 17.7 Å². The van der Waals surface area contributed by atoms with Crippen molar-refractivity contribution in [2.45, 2.75) is 25.8 Å². The van der Waals surface area contributed by atoms with Gasteiger partial charge in [-0.15, -0.1) is 11.3 Å². The number of aromatic nitrogens is 1.